The lowest BCUT2D eigenvalue weighted by Crippen LogP contribution is -2.31. The molecule has 1 aliphatic carbocycles. The molecule has 0 bridgehead atoms. The van der Waals surface area contributed by atoms with Crippen molar-refractivity contribution in [3.05, 3.63) is 0 Å². The lowest BCUT2D eigenvalue weighted by molar-refractivity contribution is -0.122. The van der Waals surface area contributed by atoms with Crippen molar-refractivity contribution < 1.29 is 4.79 Å². The lowest BCUT2D eigenvalue weighted by atomic mass is 9.83. The standard InChI is InChI=1S/C9H16ClNO/c1-7(10)6-11-9(12)5-8-3-2-4-8/h7-8H,2-6H2,1H3,(H,11,12). The molecular formula is C9H16ClNO. The van der Waals surface area contributed by atoms with Crippen molar-refractivity contribution in [2.45, 2.75) is 38.0 Å². The smallest absolute Gasteiger partial charge is 0.220 e. The van der Waals surface area contributed by atoms with Gasteiger partial charge >= 0.3 is 0 Å². The Balaban J connectivity index is 2.03. The molecule has 1 rings (SSSR count). The summed E-state index contributed by atoms with van der Waals surface area (Å²) >= 11 is 5.69. The lowest BCUT2D eigenvalue weighted by Gasteiger charge is -2.24. The second-order valence-corrected chi connectivity index (χ2v) is 4.33. The highest BCUT2D eigenvalue weighted by Crippen LogP contribution is 2.28. The van der Waals surface area contributed by atoms with Gasteiger partial charge in [-0.3, -0.25) is 4.79 Å². The molecule has 1 unspecified atom stereocenters. The van der Waals surface area contributed by atoms with Gasteiger partial charge in [-0.05, 0) is 25.7 Å². The van der Waals surface area contributed by atoms with E-state index in [-0.39, 0.29) is 11.3 Å². The first-order valence-corrected chi connectivity index (χ1v) is 5.03. The van der Waals surface area contributed by atoms with Crippen molar-refractivity contribution in [3.63, 3.8) is 0 Å². The maximum atomic E-state index is 11.2. The summed E-state index contributed by atoms with van der Waals surface area (Å²) < 4.78 is 0. The van der Waals surface area contributed by atoms with Crippen molar-refractivity contribution in [3.8, 4) is 0 Å². The number of nitrogens with one attached hydrogen (secondary N) is 1. The van der Waals surface area contributed by atoms with Crippen molar-refractivity contribution in [1.82, 2.24) is 5.32 Å². The number of alkyl halides is 1. The third kappa shape index (κ3) is 3.44. The van der Waals surface area contributed by atoms with E-state index in [9.17, 15) is 4.79 Å². The molecule has 1 saturated carbocycles. The zero-order chi connectivity index (χ0) is 8.97. The minimum atomic E-state index is 0.0374. The van der Waals surface area contributed by atoms with Crippen LogP contribution in [0.5, 0.6) is 0 Å². The van der Waals surface area contributed by atoms with Gasteiger partial charge in [-0.15, -0.1) is 11.6 Å². The van der Waals surface area contributed by atoms with E-state index in [4.69, 9.17) is 11.6 Å². The van der Waals surface area contributed by atoms with Crippen LogP contribution in [0.3, 0.4) is 0 Å². The van der Waals surface area contributed by atoms with Crippen LogP contribution in [0.4, 0.5) is 0 Å². The monoisotopic (exact) mass is 189 g/mol. The van der Waals surface area contributed by atoms with Gasteiger partial charge in [0, 0.05) is 18.3 Å². The van der Waals surface area contributed by atoms with Crippen molar-refractivity contribution >= 4 is 17.5 Å². The summed E-state index contributed by atoms with van der Waals surface area (Å²) in [6.45, 7) is 2.47. The molecule has 1 N–H and O–H groups in total. The molecule has 1 atom stereocenters. The number of hydrogen-bond donors (Lipinski definition) is 1. The van der Waals surface area contributed by atoms with Gasteiger partial charge in [0.15, 0.2) is 0 Å². The number of rotatable bonds is 4. The van der Waals surface area contributed by atoms with Crippen LogP contribution in [0.25, 0.3) is 0 Å². The van der Waals surface area contributed by atoms with E-state index in [1.54, 1.807) is 0 Å². The molecule has 0 aromatic carbocycles. The Hall–Kier alpha value is -0.240. The fourth-order valence-electron chi connectivity index (χ4n) is 1.29. The summed E-state index contributed by atoms with van der Waals surface area (Å²) in [5.74, 6) is 0.808. The van der Waals surface area contributed by atoms with Crippen LogP contribution in [0.1, 0.15) is 32.6 Å². The Labute approximate surface area is 78.7 Å². The molecule has 1 amide bonds. The first-order valence-electron chi connectivity index (χ1n) is 4.59. The van der Waals surface area contributed by atoms with E-state index in [1.165, 1.54) is 19.3 Å². The van der Waals surface area contributed by atoms with Gasteiger partial charge in [-0.2, -0.15) is 0 Å². The molecule has 3 heteroatoms. The molecule has 0 spiro atoms. The maximum Gasteiger partial charge on any atom is 0.220 e. The van der Waals surface area contributed by atoms with Gasteiger partial charge in [-0.1, -0.05) is 6.42 Å². The van der Waals surface area contributed by atoms with Crippen LogP contribution in [-0.2, 0) is 4.79 Å². The van der Waals surface area contributed by atoms with Crippen molar-refractivity contribution in [2.24, 2.45) is 5.92 Å². The topological polar surface area (TPSA) is 29.1 Å². The molecule has 0 saturated heterocycles. The van der Waals surface area contributed by atoms with E-state index in [1.807, 2.05) is 6.92 Å². The van der Waals surface area contributed by atoms with Gasteiger partial charge in [0.2, 0.25) is 5.91 Å². The predicted molar refractivity (Wildman–Crippen MR) is 50.3 cm³/mol. The molecule has 70 valence electrons. The Morgan fingerprint density at radius 2 is 2.33 bits per heavy atom. The van der Waals surface area contributed by atoms with Crippen LogP contribution >= 0.6 is 11.6 Å². The number of amides is 1. The second kappa shape index (κ2) is 4.70. The normalized spacial score (nSPS) is 19.8. The summed E-state index contributed by atoms with van der Waals surface area (Å²) in [5, 5.41) is 2.85. The van der Waals surface area contributed by atoms with Gasteiger partial charge in [-0.25, -0.2) is 0 Å². The van der Waals surface area contributed by atoms with E-state index in [0.717, 1.165) is 0 Å². The number of carbonyl (C=O) groups is 1. The SMILES string of the molecule is CC(Cl)CNC(=O)CC1CCC1. The van der Waals surface area contributed by atoms with E-state index in [0.29, 0.717) is 18.9 Å². The van der Waals surface area contributed by atoms with E-state index in [2.05, 4.69) is 5.32 Å². The molecule has 0 heterocycles. The molecule has 1 fully saturated rings. The highest BCUT2D eigenvalue weighted by molar-refractivity contribution is 6.20. The van der Waals surface area contributed by atoms with Gasteiger partial charge in [0.05, 0.1) is 0 Å². The molecular weight excluding hydrogens is 174 g/mol. The summed E-state index contributed by atoms with van der Waals surface area (Å²) in [7, 11) is 0. The van der Waals surface area contributed by atoms with E-state index < -0.39 is 0 Å². The zero-order valence-corrected chi connectivity index (χ0v) is 8.23. The first kappa shape index (κ1) is 9.85. The molecule has 12 heavy (non-hydrogen) atoms. The quantitative estimate of drug-likeness (QED) is 0.673. The summed E-state index contributed by atoms with van der Waals surface area (Å²) in [6, 6.07) is 0. The largest absolute Gasteiger partial charge is 0.355 e. The number of hydrogen-bond acceptors (Lipinski definition) is 1. The fourth-order valence-corrected chi connectivity index (χ4v) is 1.36. The van der Waals surface area contributed by atoms with Crippen molar-refractivity contribution in [2.75, 3.05) is 6.54 Å². The average Bonchev–Trinajstić information content (AvgIpc) is 1.93. The minimum Gasteiger partial charge on any atom is -0.355 e. The molecule has 0 aromatic rings. The Bertz CT molecular complexity index is 155. The predicted octanol–water partition coefficient (Wildman–Crippen LogP) is 1.92. The van der Waals surface area contributed by atoms with Gasteiger partial charge in [0.25, 0.3) is 0 Å². The zero-order valence-electron chi connectivity index (χ0n) is 7.48. The molecule has 0 aromatic heterocycles. The number of carbonyl (C=O) groups excluding carboxylic acids is 1. The van der Waals surface area contributed by atoms with Crippen LogP contribution < -0.4 is 5.32 Å². The van der Waals surface area contributed by atoms with Gasteiger partial charge in [0.1, 0.15) is 0 Å². The molecule has 2 nitrogen and oxygen atoms in total. The third-order valence-corrected chi connectivity index (χ3v) is 2.43. The van der Waals surface area contributed by atoms with Gasteiger partial charge < -0.3 is 5.32 Å². The van der Waals surface area contributed by atoms with Crippen LogP contribution in [0.15, 0.2) is 0 Å². The highest BCUT2D eigenvalue weighted by Gasteiger charge is 2.20. The summed E-state index contributed by atoms with van der Waals surface area (Å²) in [5.41, 5.74) is 0. The highest BCUT2D eigenvalue weighted by atomic mass is 35.5. The molecule has 0 aliphatic heterocycles. The third-order valence-electron chi connectivity index (χ3n) is 2.28. The first-order chi connectivity index (χ1) is 5.68. The Morgan fingerprint density at radius 1 is 1.67 bits per heavy atom. The molecule has 0 radical (unpaired) electrons. The second-order valence-electron chi connectivity index (χ2n) is 3.59. The van der Waals surface area contributed by atoms with Crippen molar-refractivity contribution in [1.29, 1.82) is 0 Å². The summed E-state index contributed by atoms with van der Waals surface area (Å²) in [6.07, 6.45) is 4.45. The Morgan fingerprint density at radius 3 is 2.75 bits per heavy atom. The summed E-state index contributed by atoms with van der Waals surface area (Å²) in [4.78, 5) is 11.2. The number of halogens is 1. The van der Waals surface area contributed by atoms with Crippen LogP contribution in [0.2, 0.25) is 0 Å². The van der Waals surface area contributed by atoms with Crippen LogP contribution in [-0.4, -0.2) is 17.8 Å². The minimum absolute atomic E-state index is 0.0374. The average molecular weight is 190 g/mol. The Kier molecular flexibility index (Phi) is 3.86. The molecule has 1 aliphatic rings. The maximum absolute atomic E-state index is 11.2. The fraction of sp³-hybridized carbons (Fsp3) is 0.889. The van der Waals surface area contributed by atoms with E-state index >= 15 is 0 Å². The van der Waals surface area contributed by atoms with Crippen LogP contribution in [0, 0.1) is 5.92 Å².